The molecule has 0 saturated heterocycles. The van der Waals surface area contributed by atoms with Crippen molar-refractivity contribution in [2.75, 3.05) is 7.11 Å². The molecule has 6 nitrogen and oxygen atoms in total. The standard InChI is InChI=1S/C15H16O6S/c1-20-13-8-7-12(15(16)22(17,18)19)9-14(13)21-10-11-5-3-2-4-6-11/h2-9,15-16H,10H2,1H3,(H,17,18,19). The summed E-state index contributed by atoms with van der Waals surface area (Å²) in [5.41, 5.74) is -1.12. The second-order valence-corrected chi connectivity index (χ2v) is 6.03. The highest BCUT2D eigenvalue weighted by molar-refractivity contribution is 7.85. The van der Waals surface area contributed by atoms with E-state index in [4.69, 9.17) is 14.0 Å². The third-order valence-corrected chi connectivity index (χ3v) is 3.83. The predicted molar refractivity (Wildman–Crippen MR) is 80.3 cm³/mol. The summed E-state index contributed by atoms with van der Waals surface area (Å²) >= 11 is 0. The summed E-state index contributed by atoms with van der Waals surface area (Å²) in [6.07, 6.45) is 0. The van der Waals surface area contributed by atoms with Gasteiger partial charge in [-0.25, -0.2) is 0 Å². The molecule has 0 fully saturated rings. The Kier molecular flexibility index (Phi) is 5.02. The first-order valence-corrected chi connectivity index (χ1v) is 7.91. The fourth-order valence-electron chi connectivity index (χ4n) is 1.87. The van der Waals surface area contributed by atoms with Crippen LogP contribution < -0.4 is 9.47 Å². The Labute approximate surface area is 128 Å². The number of hydrogen-bond acceptors (Lipinski definition) is 5. The van der Waals surface area contributed by atoms with Crippen LogP contribution in [0.1, 0.15) is 16.6 Å². The quantitative estimate of drug-likeness (QED) is 0.791. The highest BCUT2D eigenvalue weighted by Gasteiger charge is 2.23. The topological polar surface area (TPSA) is 93.1 Å². The van der Waals surface area contributed by atoms with Crippen LogP contribution in [-0.4, -0.2) is 25.2 Å². The Morgan fingerprint density at radius 2 is 1.77 bits per heavy atom. The van der Waals surface area contributed by atoms with Gasteiger partial charge in [-0.2, -0.15) is 8.42 Å². The maximum Gasteiger partial charge on any atom is 0.296 e. The fraction of sp³-hybridized carbons (Fsp3) is 0.200. The lowest BCUT2D eigenvalue weighted by molar-refractivity contribution is 0.236. The summed E-state index contributed by atoms with van der Waals surface area (Å²) in [7, 11) is -3.15. The minimum atomic E-state index is -4.60. The van der Waals surface area contributed by atoms with Gasteiger partial charge >= 0.3 is 0 Å². The third kappa shape index (κ3) is 3.97. The lowest BCUT2D eigenvalue weighted by Gasteiger charge is -2.14. The van der Waals surface area contributed by atoms with Crippen molar-refractivity contribution in [1.29, 1.82) is 0 Å². The molecule has 22 heavy (non-hydrogen) atoms. The SMILES string of the molecule is COc1ccc(C(O)S(=O)(=O)O)cc1OCc1ccccc1. The molecule has 0 aliphatic rings. The van der Waals surface area contributed by atoms with E-state index < -0.39 is 15.6 Å². The van der Waals surface area contributed by atoms with Crippen molar-refractivity contribution in [2.24, 2.45) is 0 Å². The lowest BCUT2D eigenvalue weighted by Crippen LogP contribution is -2.11. The minimum absolute atomic E-state index is 0.00800. The van der Waals surface area contributed by atoms with Gasteiger partial charge in [-0.3, -0.25) is 4.55 Å². The summed E-state index contributed by atoms with van der Waals surface area (Å²) in [5, 5.41) is 9.60. The van der Waals surface area contributed by atoms with Crippen LogP contribution in [0.2, 0.25) is 0 Å². The number of rotatable bonds is 6. The van der Waals surface area contributed by atoms with Gasteiger partial charge in [0, 0.05) is 5.56 Å². The molecule has 7 heteroatoms. The van der Waals surface area contributed by atoms with Crippen LogP contribution in [0.4, 0.5) is 0 Å². The van der Waals surface area contributed by atoms with Gasteiger partial charge in [0.1, 0.15) is 6.61 Å². The monoisotopic (exact) mass is 324 g/mol. The second-order valence-electron chi connectivity index (χ2n) is 4.55. The van der Waals surface area contributed by atoms with Gasteiger partial charge in [0.2, 0.25) is 5.44 Å². The van der Waals surface area contributed by atoms with Crippen molar-refractivity contribution in [3.8, 4) is 11.5 Å². The van der Waals surface area contributed by atoms with Gasteiger partial charge in [0.25, 0.3) is 10.1 Å². The molecule has 1 atom stereocenters. The molecule has 0 aromatic heterocycles. The highest BCUT2D eigenvalue weighted by Crippen LogP contribution is 2.32. The van der Waals surface area contributed by atoms with Gasteiger partial charge in [-0.1, -0.05) is 36.4 Å². The Balaban J connectivity index is 2.25. The van der Waals surface area contributed by atoms with Gasteiger partial charge in [0.05, 0.1) is 7.11 Å². The molecule has 0 amide bonds. The fourth-order valence-corrected chi connectivity index (χ4v) is 2.36. The largest absolute Gasteiger partial charge is 0.493 e. The van der Waals surface area contributed by atoms with Crippen LogP contribution in [0.3, 0.4) is 0 Å². The summed E-state index contributed by atoms with van der Waals surface area (Å²) in [4.78, 5) is 0. The van der Waals surface area contributed by atoms with Gasteiger partial charge in [-0.05, 0) is 17.7 Å². The number of ether oxygens (including phenoxy) is 2. The van der Waals surface area contributed by atoms with E-state index in [0.717, 1.165) is 5.56 Å². The lowest BCUT2D eigenvalue weighted by atomic mass is 10.2. The van der Waals surface area contributed by atoms with E-state index in [-0.39, 0.29) is 17.9 Å². The second kappa shape index (κ2) is 6.78. The molecule has 0 heterocycles. The van der Waals surface area contributed by atoms with E-state index in [0.29, 0.717) is 5.75 Å². The third-order valence-electron chi connectivity index (χ3n) is 2.99. The Morgan fingerprint density at radius 1 is 1.09 bits per heavy atom. The van der Waals surface area contributed by atoms with Crippen LogP contribution >= 0.6 is 0 Å². The van der Waals surface area contributed by atoms with E-state index in [1.54, 1.807) is 0 Å². The van der Waals surface area contributed by atoms with Crippen molar-refractivity contribution < 1.29 is 27.6 Å². The van der Waals surface area contributed by atoms with Crippen molar-refractivity contribution in [3.05, 3.63) is 59.7 Å². The molecule has 2 N–H and O–H groups in total. The van der Waals surface area contributed by atoms with Crippen LogP contribution in [0.15, 0.2) is 48.5 Å². The highest BCUT2D eigenvalue weighted by atomic mass is 32.2. The van der Waals surface area contributed by atoms with Crippen LogP contribution in [0.5, 0.6) is 11.5 Å². The number of benzene rings is 2. The molecule has 2 rings (SSSR count). The molecule has 2 aromatic carbocycles. The van der Waals surface area contributed by atoms with E-state index in [9.17, 15) is 13.5 Å². The molecule has 0 radical (unpaired) electrons. The summed E-state index contributed by atoms with van der Waals surface area (Å²) in [6, 6.07) is 13.5. The first-order valence-electron chi connectivity index (χ1n) is 6.41. The van der Waals surface area contributed by atoms with Gasteiger partial charge in [0.15, 0.2) is 11.5 Å². The van der Waals surface area contributed by atoms with Crippen molar-refractivity contribution >= 4 is 10.1 Å². The molecule has 0 aliphatic heterocycles. The van der Waals surface area contributed by atoms with Crippen LogP contribution in [0, 0.1) is 0 Å². The average molecular weight is 324 g/mol. The molecule has 118 valence electrons. The molecule has 2 aromatic rings. The summed E-state index contributed by atoms with van der Waals surface area (Å²) < 4.78 is 41.7. The van der Waals surface area contributed by atoms with Gasteiger partial charge < -0.3 is 14.6 Å². The summed E-state index contributed by atoms with van der Waals surface area (Å²) in [6.45, 7) is 0.253. The minimum Gasteiger partial charge on any atom is -0.493 e. The molecule has 0 spiro atoms. The molecular formula is C15H16O6S. The smallest absolute Gasteiger partial charge is 0.296 e. The van der Waals surface area contributed by atoms with Crippen molar-refractivity contribution in [3.63, 3.8) is 0 Å². The molecule has 1 unspecified atom stereocenters. The van der Waals surface area contributed by atoms with E-state index in [1.165, 1.54) is 25.3 Å². The first kappa shape index (κ1) is 16.3. The number of aliphatic hydroxyl groups excluding tert-OH is 1. The predicted octanol–water partition coefficient (Wildman–Crippen LogP) is 2.15. The van der Waals surface area contributed by atoms with E-state index in [1.807, 2.05) is 30.3 Å². The first-order chi connectivity index (χ1) is 10.4. The van der Waals surface area contributed by atoms with Crippen molar-refractivity contribution in [1.82, 2.24) is 0 Å². The maximum atomic E-state index is 11.0. The van der Waals surface area contributed by atoms with Gasteiger partial charge in [-0.15, -0.1) is 0 Å². The zero-order chi connectivity index (χ0) is 16.2. The number of aliphatic hydroxyl groups is 1. The zero-order valence-corrected chi connectivity index (χ0v) is 12.7. The van der Waals surface area contributed by atoms with E-state index in [2.05, 4.69) is 0 Å². The molecule has 0 bridgehead atoms. The normalized spacial score (nSPS) is 12.7. The Bertz CT molecular complexity index is 727. The van der Waals surface area contributed by atoms with Crippen molar-refractivity contribution in [2.45, 2.75) is 12.0 Å². The molecular weight excluding hydrogens is 308 g/mol. The zero-order valence-electron chi connectivity index (χ0n) is 11.8. The molecule has 0 saturated carbocycles. The van der Waals surface area contributed by atoms with Crippen LogP contribution in [0.25, 0.3) is 0 Å². The number of hydrogen-bond donors (Lipinski definition) is 2. The van der Waals surface area contributed by atoms with Crippen LogP contribution in [-0.2, 0) is 16.7 Å². The average Bonchev–Trinajstić information content (AvgIpc) is 2.52. The Morgan fingerprint density at radius 3 is 2.36 bits per heavy atom. The Hall–Kier alpha value is -2.09. The molecule has 0 aliphatic carbocycles. The maximum absolute atomic E-state index is 11.0. The number of methoxy groups -OCH3 is 1. The van der Waals surface area contributed by atoms with E-state index >= 15 is 0 Å². The summed E-state index contributed by atoms with van der Waals surface area (Å²) in [5.74, 6) is 0.661.